The average Bonchev–Trinajstić information content (AvgIpc) is 3.24. The average molecular weight is 904 g/mol. The van der Waals surface area contributed by atoms with Crippen molar-refractivity contribution >= 4 is 19.8 Å². The molecule has 63 heavy (non-hydrogen) atoms. The van der Waals surface area contributed by atoms with Crippen LogP contribution in [0.25, 0.3) is 0 Å². The van der Waals surface area contributed by atoms with Crippen LogP contribution in [0.2, 0.25) is 0 Å². The van der Waals surface area contributed by atoms with Crippen LogP contribution >= 0.6 is 7.82 Å². The van der Waals surface area contributed by atoms with Crippen LogP contribution < -0.4 is 4.89 Å². The first-order valence-electron chi connectivity index (χ1n) is 25.1. The van der Waals surface area contributed by atoms with E-state index in [4.69, 9.17) is 18.5 Å². The molecular formula is C53H94NO8P. The molecule has 0 amide bonds. The summed E-state index contributed by atoms with van der Waals surface area (Å²) in [6.07, 6.45) is 56.6. The van der Waals surface area contributed by atoms with Gasteiger partial charge in [0.1, 0.15) is 19.8 Å². The Balaban J connectivity index is 4.11. The molecule has 0 fully saturated rings. The van der Waals surface area contributed by atoms with Gasteiger partial charge in [-0.15, -0.1) is 0 Å². The van der Waals surface area contributed by atoms with E-state index in [-0.39, 0.29) is 26.1 Å². The van der Waals surface area contributed by atoms with Gasteiger partial charge in [0.2, 0.25) is 0 Å². The van der Waals surface area contributed by atoms with Crippen LogP contribution in [0, 0.1) is 0 Å². The third-order valence-corrected chi connectivity index (χ3v) is 11.4. The predicted octanol–water partition coefficient (Wildman–Crippen LogP) is 14.3. The first kappa shape index (κ1) is 60.5. The molecule has 0 aromatic rings. The number of hydrogen-bond donors (Lipinski definition) is 0. The molecular weight excluding hydrogens is 810 g/mol. The van der Waals surface area contributed by atoms with Crippen molar-refractivity contribution in [2.45, 2.75) is 206 Å². The van der Waals surface area contributed by atoms with Crippen molar-refractivity contribution in [1.29, 1.82) is 0 Å². The summed E-state index contributed by atoms with van der Waals surface area (Å²) in [6.45, 7) is 4.04. The molecule has 0 aromatic heterocycles. The number of carbonyl (C=O) groups excluding carboxylic acids is 2. The summed E-state index contributed by atoms with van der Waals surface area (Å²) < 4.78 is 33.9. The van der Waals surface area contributed by atoms with Gasteiger partial charge in [0.05, 0.1) is 27.7 Å². The molecule has 10 heteroatoms. The number of rotatable bonds is 45. The van der Waals surface area contributed by atoms with Crippen LogP contribution in [0.3, 0.4) is 0 Å². The lowest BCUT2D eigenvalue weighted by atomic mass is 10.0. The monoisotopic (exact) mass is 904 g/mol. The van der Waals surface area contributed by atoms with Crippen molar-refractivity contribution in [2.75, 3.05) is 47.5 Å². The van der Waals surface area contributed by atoms with Gasteiger partial charge in [0, 0.05) is 12.8 Å². The number of allylic oxidation sites excluding steroid dienone is 12. The Bertz CT molecular complexity index is 1300. The number of phosphoric ester groups is 1. The number of esters is 2. The van der Waals surface area contributed by atoms with E-state index in [0.29, 0.717) is 17.4 Å². The SMILES string of the molecule is CC/C=C\C/C=C\C/C=C\C/C=C\C/C=C\CCCCCCCCCCCCCCCC(=O)OC(COC(=O)CCCCCCC/C=C\CCC)COP(=O)([O-])OCC[N+](C)(C)C. The number of nitrogens with zero attached hydrogens (tertiary/aromatic N) is 1. The van der Waals surface area contributed by atoms with Crippen molar-refractivity contribution in [1.82, 2.24) is 0 Å². The Kier molecular flexibility index (Phi) is 42.8. The van der Waals surface area contributed by atoms with Crippen LogP contribution in [0.5, 0.6) is 0 Å². The highest BCUT2D eigenvalue weighted by molar-refractivity contribution is 7.45. The third-order valence-electron chi connectivity index (χ3n) is 10.4. The Hall–Kier alpha value is -2.55. The molecule has 2 unspecified atom stereocenters. The summed E-state index contributed by atoms with van der Waals surface area (Å²) in [4.78, 5) is 37.6. The van der Waals surface area contributed by atoms with Gasteiger partial charge >= 0.3 is 11.9 Å². The zero-order valence-corrected chi connectivity index (χ0v) is 41.9. The summed E-state index contributed by atoms with van der Waals surface area (Å²) in [7, 11) is 1.15. The molecule has 0 aromatic carbocycles. The summed E-state index contributed by atoms with van der Waals surface area (Å²) >= 11 is 0. The van der Waals surface area contributed by atoms with Gasteiger partial charge in [0.15, 0.2) is 6.10 Å². The highest BCUT2D eigenvalue weighted by Gasteiger charge is 2.21. The largest absolute Gasteiger partial charge is 0.756 e. The minimum atomic E-state index is -4.63. The molecule has 0 aliphatic heterocycles. The first-order chi connectivity index (χ1) is 30.5. The van der Waals surface area contributed by atoms with Crippen molar-refractivity contribution in [2.24, 2.45) is 0 Å². The number of hydrogen-bond acceptors (Lipinski definition) is 8. The molecule has 364 valence electrons. The van der Waals surface area contributed by atoms with Crippen LogP contribution in [0.15, 0.2) is 72.9 Å². The van der Waals surface area contributed by atoms with E-state index >= 15 is 0 Å². The maximum atomic E-state index is 12.7. The molecule has 0 aliphatic rings. The number of carbonyl (C=O) groups is 2. The van der Waals surface area contributed by atoms with Crippen LogP contribution in [0.1, 0.15) is 200 Å². The van der Waals surface area contributed by atoms with Crippen molar-refractivity contribution in [3.63, 3.8) is 0 Å². The molecule has 0 bridgehead atoms. The van der Waals surface area contributed by atoms with E-state index < -0.39 is 32.5 Å². The zero-order valence-electron chi connectivity index (χ0n) is 41.0. The van der Waals surface area contributed by atoms with E-state index in [0.717, 1.165) is 96.3 Å². The summed E-state index contributed by atoms with van der Waals surface area (Å²) in [5.74, 6) is -0.850. The van der Waals surface area contributed by atoms with Crippen molar-refractivity contribution in [3.8, 4) is 0 Å². The lowest BCUT2D eigenvalue weighted by molar-refractivity contribution is -0.870. The topological polar surface area (TPSA) is 111 Å². The van der Waals surface area contributed by atoms with Crippen LogP contribution in [-0.2, 0) is 32.7 Å². The highest BCUT2D eigenvalue weighted by atomic mass is 31.2. The van der Waals surface area contributed by atoms with Gasteiger partial charge in [-0.3, -0.25) is 14.2 Å². The van der Waals surface area contributed by atoms with Crippen LogP contribution in [-0.4, -0.2) is 70.0 Å². The minimum absolute atomic E-state index is 0.0345. The number of unbranched alkanes of at least 4 members (excludes halogenated alkanes) is 19. The van der Waals surface area contributed by atoms with E-state index in [1.165, 1.54) is 70.6 Å². The molecule has 0 spiro atoms. The van der Waals surface area contributed by atoms with E-state index in [9.17, 15) is 19.0 Å². The number of quaternary nitrogens is 1. The standard InChI is InChI=1S/C53H94NO8P/c1-6-8-10-12-14-16-18-19-20-21-22-23-24-25-26-27-28-29-30-31-32-33-34-35-36-38-40-42-44-46-53(56)62-51(50-61-63(57,58)60-48-47-54(3,4)5)49-59-52(55)45-43-41-39-37-17-15-13-11-9-7-2/h8,10-11,13-14,16,19-20,22-23,25-26,51H,6-7,9,12,15,17-18,21,24,27-50H2,1-5H3/b10-8-,13-11-,16-14-,20-19-,23-22-,26-25-. The molecule has 0 radical (unpaired) electrons. The fourth-order valence-corrected chi connectivity index (χ4v) is 7.29. The second-order valence-corrected chi connectivity index (χ2v) is 19.2. The normalized spacial score (nSPS) is 14.1. The molecule has 2 atom stereocenters. The molecule has 9 nitrogen and oxygen atoms in total. The molecule has 0 saturated carbocycles. The predicted molar refractivity (Wildman–Crippen MR) is 263 cm³/mol. The highest BCUT2D eigenvalue weighted by Crippen LogP contribution is 2.38. The Morgan fingerprint density at radius 2 is 0.905 bits per heavy atom. The lowest BCUT2D eigenvalue weighted by Gasteiger charge is -2.28. The number of ether oxygens (including phenoxy) is 2. The number of likely N-dealkylation sites (N-methyl/N-ethyl adjacent to an activating group) is 1. The van der Waals surface area contributed by atoms with Gasteiger partial charge in [-0.1, -0.05) is 183 Å². The Morgan fingerprint density at radius 3 is 1.37 bits per heavy atom. The van der Waals surface area contributed by atoms with Crippen molar-refractivity contribution < 1.29 is 42.1 Å². The Labute approximate surface area is 387 Å². The summed E-state index contributed by atoms with van der Waals surface area (Å²) in [5.41, 5.74) is 0. The lowest BCUT2D eigenvalue weighted by Crippen LogP contribution is -2.37. The van der Waals surface area contributed by atoms with Crippen molar-refractivity contribution in [3.05, 3.63) is 72.9 Å². The molecule has 0 rings (SSSR count). The summed E-state index contributed by atoms with van der Waals surface area (Å²) in [5, 5.41) is 0. The van der Waals surface area contributed by atoms with Gasteiger partial charge < -0.3 is 27.9 Å². The molecule has 0 heterocycles. The zero-order chi connectivity index (χ0) is 46.4. The third kappa shape index (κ3) is 48.7. The minimum Gasteiger partial charge on any atom is -0.756 e. The Morgan fingerprint density at radius 1 is 0.508 bits per heavy atom. The second kappa shape index (κ2) is 44.6. The first-order valence-corrected chi connectivity index (χ1v) is 26.6. The maximum absolute atomic E-state index is 12.7. The molecule has 0 saturated heterocycles. The fraction of sp³-hybridized carbons (Fsp3) is 0.736. The van der Waals surface area contributed by atoms with Gasteiger partial charge in [0.25, 0.3) is 7.82 Å². The van der Waals surface area contributed by atoms with E-state index in [2.05, 4.69) is 86.8 Å². The quantitative estimate of drug-likeness (QED) is 0.0195. The van der Waals surface area contributed by atoms with E-state index in [1.807, 2.05) is 21.1 Å². The second-order valence-electron chi connectivity index (χ2n) is 17.8. The number of phosphoric acid groups is 1. The smallest absolute Gasteiger partial charge is 0.306 e. The van der Waals surface area contributed by atoms with E-state index in [1.54, 1.807) is 0 Å². The summed E-state index contributed by atoms with van der Waals surface area (Å²) in [6, 6.07) is 0. The maximum Gasteiger partial charge on any atom is 0.306 e. The van der Waals surface area contributed by atoms with Gasteiger partial charge in [-0.2, -0.15) is 0 Å². The van der Waals surface area contributed by atoms with Gasteiger partial charge in [-0.25, -0.2) is 0 Å². The fourth-order valence-electron chi connectivity index (χ4n) is 6.57. The van der Waals surface area contributed by atoms with Gasteiger partial charge in [-0.05, 0) is 77.0 Å². The van der Waals surface area contributed by atoms with Crippen LogP contribution in [0.4, 0.5) is 0 Å². The molecule has 0 aliphatic carbocycles. The molecule has 0 N–H and O–H groups in total.